The molecule has 2 heterocycles. The van der Waals surface area contributed by atoms with Crippen molar-refractivity contribution >= 4 is 12.4 Å². The van der Waals surface area contributed by atoms with Crippen LogP contribution >= 0.6 is 0 Å². The van der Waals surface area contributed by atoms with Crippen LogP contribution in [0.25, 0.3) is 0 Å². The van der Waals surface area contributed by atoms with Crippen molar-refractivity contribution in [2.24, 2.45) is 5.92 Å². The Morgan fingerprint density at radius 3 is 2.18 bits per heavy atom. The number of esters is 1. The largest absolute Gasteiger partial charge is 0.520 e. The van der Waals surface area contributed by atoms with E-state index in [0.29, 0.717) is 0 Å². The Morgan fingerprint density at radius 1 is 1.35 bits per heavy atom. The number of hydrogen-bond donors (Lipinski definition) is 0. The molecule has 106 valence electrons. The van der Waals surface area contributed by atoms with Gasteiger partial charge in [-0.3, -0.25) is 4.79 Å². The van der Waals surface area contributed by atoms with E-state index in [1.165, 1.54) is 19.3 Å². The SMILES string of the molecule is C.CC1CCOCC1.O=[C-]N1COC(=O)C1.[Fm]. The maximum atomic E-state index is 10.2. The van der Waals surface area contributed by atoms with Crippen LogP contribution < -0.4 is 0 Å². The molecule has 0 spiro atoms. The number of hydrogen-bond acceptors (Lipinski definition) is 4. The van der Waals surface area contributed by atoms with Gasteiger partial charge in [0.05, 0.1) is 6.54 Å². The van der Waals surface area contributed by atoms with Crippen molar-refractivity contribution < 1.29 is 19.1 Å². The average molecular weight is 487 g/mol. The summed E-state index contributed by atoms with van der Waals surface area (Å²) in [5, 5.41) is 0. The van der Waals surface area contributed by atoms with Crippen LogP contribution in [0.3, 0.4) is 0 Å². The fraction of sp³-hybridized carbons (Fsp3) is 0.818. The summed E-state index contributed by atoms with van der Waals surface area (Å²) in [5.74, 6) is 0.544. The maximum Gasteiger partial charge on any atom is 0.324 e. The molecule has 6 heteroatoms. The first-order valence-electron chi connectivity index (χ1n) is 5.08. The molecule has 17 heavy (non-hydrogen) atoms. The van der Waals surface area contributed by atoms with E-state index in [9.17, 15) is 9.59 Å². The van der Waals surface area contributed by atoms with Crippen molar-refractivity contribution in [3.8, 4) is 0 Å². The van der Waals surface area contributed by atoms with Gasteiger partial charge in [-0.15, -0.1) is 0 Å². The molecular weight excluding hydrogens is 467 g/mol. The number of amides is 1. The minimum Gasteiger partial charge on any atom is -0.520 e. The monoisotopic (exact) mass is 487 g/mol. The number of cyclic esters (lactones) is 1. The molecule has 2 fully saturated rings. The zero-order valence-electron chi connectivity index (χ0n) is 9.19. The third-order valence-corrected chi connectivity index (χ3v) is 2.34. The first-order valence-corrected chi connectivity index (χ1v) is 5.08. The summed E-state index contributed by atoms with van der Waals surface area (Å²) in [6.07, 6.45) is 4.06. The molecule has 0 aromatic heterocycles. The van der Waals surface area contributed by atoms with Gasteiger partial charge in [0, 0.05) is 13.2 Å². The van der Waals surface area contributed by atoms with E-state index in [1.54, 1.807) is 0 Å². The van der Waals surface area contributed by atoms with E-state index in [1.807, 2.05) is 0 Å². The van der Waals surface area contributed by atoms with Crippen molar-refractivity contribution in [3.63, 3.8) is 0 Å². The summed E-state index contributed by atoms with van der Waals surface area (Å²) in [6.45, 7) is 4.36. The topological polar surface area (TPSA) is 55.8 Å². The van der Waals surface area contributed by atoms with Crippen molar-refractivity contribution in [2.45, 2.75) is 27.2 Å². The summed E-state index contributed by atoms with van der Waals surface area (Å²) in [4.78, 5) is 21.0. The average Bonchev–Trinajstić information content (AvgIpc) is 2.66. The van der Waals surface area contributed by atoms with Crippen LogP contribution in [0.5, 0.6) is 0 Å². The zero-order valence-corrected chi connectivity index (χ0v) is 11.6. The Balaban J connectivity index is 0. The molecule has 0 saturated carbocycles. The van der Waals surface area contributed by atoms with Crippen LogP contribution in [0.15, 0.2) is 0 Å². The molecule has 0 aromatic rings. The van der Waals surface area contributed by atoms with Crippen LogP contribution in [0, 0.1) is 5.92 Å². The first kappa shape index (κ1) is 17.3. The number of rotatable bonds is 1. The number of carbonyl (C=O) groups is 1. The smallest absolute Gasteiger partial charge is 0.324 e. The fourth-order valence-corrected chi connectivity index (χ4v) is 1.27. The Kier molecular flexibility index (Phi) is 9.31. The molecular formula is C11H20FmNO4-. The summed E-state index contributed by atoms with van der Waals surface area (Å²) in [5.41, 5.74) is 0. The quantitative estimate of drug-likeness (QED) is 0.409. The van der Waals surface area contributed by atoms with Crippen LogP contribution in [0.2, 0.25) is 0 Å². The molecule has 0 atom stereocenters. The molecule has 2 saturated heterocycles. The molecule has 0 N–H and O–H groups in total. The standard InChI is InChI=1S/C6H12O.C4H4NO3.CH4.Fm/c1-6-2-4-7-5-3-6;6-2-5-1-4(7)8-3-5;;/h6H,2-5H2,1H3;1,3H2;1H4;/q;-1;;. The van der Waals surface area contributed by atoms with Crippen molar-refractivity contribution in [1.82, 2.24) is 4.90 Å². The predicted octanol–water partition coefficient (Wildman–Crippen LogP) is 0.939. The molecule has 2 rings (SSSR count). The molecule has 0 aliphatic carbocycles. The Hall–Kier alpha value is -2.10. The normalized spacial score (nSPS) is 19.1. The second-order valence-electron chi connectivity index (χ2n) is 3.73. The van der Waals surface area contributed by atoms with Gasteiger partial charge in [-0.05, 0) is 18.8 Å². The van der Waals surface area contributed by atoms with Gasteiger partial charge in [0.15, 0.2) is 0 Å². The van der Waals surface area contributed by atoms with Crippen LogP contribution in [-0.4, -0.2) is 43.8 Å². The van der Waals surface area contributed by atoms with Crippen molar-refractivity contribution in [1.29, 1.82) is 0 Å². The molecule has 1 amide bonds. The molecule has 0 bridgehead atoms. The van der Waals surface area contributed by atoms with Gasteiger partial charge >= 0.3 is 5.97 Å². The van der Waals surface area contributed by atoms with Gasteiger partial charge in [-0.25, -0.2) is 0 Å². The van der Waals surface area contributed by atoms with Gasteiger partial charge in [-0.1, -0.05) is 14.4 Å². The van der Waals surface area contributed by atoms with E-state index in [0.717, 1.165) is 24.0 Å². The maximum absolute atomic E-state index is 10.2. The molecule has 0 radical (unpaired) electrons. The van der Waals surface area contributed by atoms with E-state index < -0.39 is 0 Å². The third-order valence-electron chi connectivity index (χ3n) is 2.34. The van der Waals surface area contributed by atoms with Gasteiger partial charge < -0.3 is 19.2 Å². The van der Waals surface area contributed by atoms with Crippen molar-refractivity contribution in [3.05, 3.63) is 0 Å². The van der Waals surface area contributed by atoms with Crippen LogP contribution in [-0.2, 0) is 19.1 Å². The Labute approximate surface area is 96.7 Å². The third kappa shape index (κ3) is 6.89. The second kappa shape index (κ2) is 9.15. The molecule has 0 aromatic carbocycles. The van der Waals surface area contributed by atoms with Gasteiger partial charge in [0.1, 0.15) is 6.73 Å². The van der Waals surface area contributed by atoms with Crippen LogP contribution in [0.4, 0.5) is 0 Å². The van der Waals surface area contributed by atoms with E-state index in [4.69, 9.17) is 4.74 Å². The van der Waals surface area contributed by atoms with E-state index in [-0.39, 0.29) is 26.7 Å². The summed E-state index contributed by atoms with van der Waals surface area (Å²) >= 11 is 0. The summed E-state index contributed by atoms with van der Waals surface area (Å²) < 4.78 is 9.52. The minimum atomic E-state index is -0.367. The fourth-order valence-electron chi connectivity index (χ4n) is 1.27. The number of carbonyl (C=O) groups excluding carboxylic acids is 2. The zero-order chi connectivity index (χ0) is 11.1. The van der Waals surface area contributed by atoms with Gasteiger partial charge in [0.25, 0.3) is 0 Å². The summed E-state index contributed by atoms with van der Waals surface area (Å²) in [7, 11) is 0. The van der Waals surface area contributed by atoms with Gasteiger partial charge in [0.2, 0.25) is 0 Å². The molecule has 2 aliphatic rings. The predicted molar refractivity (Wildman–Crippen MR) is 59.3 cm³/mol. The number of nitrogens with zero attached hydrogens (tertiary/aromatic N) is 1. The molecule has 0 unspecified atom stereocenters. The van der Waals surface area contributed by atoms with Crippen molar-refractivity contribution in [2.75, 3.05) is 26.5 Å². The Bertz CT molecular complexity index is 220. The van der Waals surface area contributed by atoms with Crippen LogP contribution in [0.1, 0.15) is 27.2 Å². The second-order valence-corrected chi connectivity index (χ2v) is 3.73. The number of ether oxygens (including phenoxy) is 2. The van der Waals surface area contributed by atoms with E-state index >= 15 is 0 Å². The first-order chi connectivity index (χ1) is 7.22. The summed E-state index contributed by atoms with van der Waals surface area (Å²) in [6, 6.07) is 0. The minimum absolute atomic E-state index is 0. The van der Waals surface area contributed by atoms with E-state index in [2.05, 4.69) is 11.7 Å². The Morgan fingerprint density at radius 2 is 1.94 bits per heavy atom. The van der Waals surface area contributed by atoms with Gasteiger partial charge in [-0.2, -0.15) is 6.41 Å². The molecule has 5 nitrogen and oxygen atoms in total. The molecule has 2 aliphatic heterocycles.